The highest BCUT2D eigenvalue weighted by atomic mass is 16.2. The molecule has 15 heavy (non-hydrogen) atoms. The largest absolute Gasteiger partial charge is 0.343 e. The smallest absolute Gasteiger partial charge is 0.230 e. The quantitative estimate of drug-likeness (QED) is 0.775. The van der Waals surface area contributed by atoms with E-state index in [0.717, 1.165) is 25.7 Å². The van der Waals surface area contributed by atoms with Gasteiger partial charge in [-0.2, -0.15) is 0 Å². The van der Waals surface area contributed by atoms with Crippen LogP contribution in [0.2, 0.25) is 0 Å². The topological polar surface area (TPSA) is 46.3 Å². The molecule has 2 N–H and O–H groups in total. The molecular formula is C12H24N2O. The average molecular weight is 212 g/mol. The molecule has 0 aliphatic heterocycles. The maximum Gasteiger partial charge on any atom is 0.230 e. The summed E-state index contributed by atoms with van der Waals surface area (Å²) in [6.07, 6.45) is 5.49. The van der Waals surface area contributed by atoms with Crippen molar-refractivity contribution in [2.45, 2.75) is 52.0 Å². The van der Waals surface area contributed by atoms with Crippen LogP contribution in [-0.4, -0.2) is 30.4 Å². The van der Waals surface area contributed by atoms with Gasteiger partial charge in [-0.15, -0.1) is 0 Å². The first-order valence-electron chi connectivity index (χ1n) is 6.01. The summed E-state index contributed by atoms with van der Waals surface area (Å²) < 4.78 is 0. The fraction of sp³-hybridized carbons (Fsp3) is 0.917. The van der Waals surface area contributed by atoms with E-state index >= 15 is 0 Å². The molecule has 0 atom stereocenters. The Balaban J connectivity index is 2.76. The standard InChI is InChI=1S/C12H24N2O/c1-10(2)14(3)11(15)12(9-13)7-5-4-6-8-12/h10H,4-9,13H2,1-3H3. The maximum atomic E-state index is 12.3. The van der Waals surface area contributed by atoms with Crippen molar-refractivity contribution in [2.24, 2.45) is 11.1 Å². The molecule has 1 aliphatic rings. The number of rotatable bonds is 3. The molecule has 0 unspecified atom stereocenters. The van der Waals surface area contributed by atoms with Gasteiger partial charge in [0.1, 0.15) is 0 Å². The molecule has 3 heteroatoms. The Hall–Kier alpha value is -0.570. The van der Waals surface area contributed by atoms with Crippen LogP contribution < -0.4 is 5.73 Å². The van der Waals surface area contributed by atoms with Gasteiger partial charge in [-0.3, -0.25) is 4.79 Å². The molecular weight excluding hydrogens is 188 g/mol. The molecule has 3 nitrogen and oxygen atoms in total. The van der Waals surface area contributed by atoms with E-state index in [4.69, 9.17) is 5.73 Å². The third-order valence-corrected chi connectivity index (χ3v) is 3.75. The highest BCUT2D eigenvalue weighted by Crippen LogP contribution is 2.37. The van der Waals surface area contributed by atoms with Gasteiger partial charge in [-0.25, -0.2) is 0 Å². The Bertz CT molecular complexity index is 220. The van der Waals surface area contributed by atoms with Crippen LogP contribution in [-0.2, 0) is 4.79 Å². The maximum absolute atomic E-state index is 12.3. The number of carbonyl (C=O) groups excluding carboxylic acids is 1. The van der Waals surface area contributed by atoms with Crippen LogP contribution >= 0.6 is 0 Å². The lowest BCUT2D eigenvalue weighted by atomic mass is 9.73. The molecule has 0 bridgehead atoms. The minimum Gasteiger partial charge on any atom is -0.343 e. The summed E-state index contributed by atoms with van der Waals surface area (Å²) in [5.41, 5.74) is 5.58. The van der Waals surface area contributed by atoms with Crippen molar-refractivity contribution in [3.05, 3.63) is 0 Å². The fourth-order valence-corrected chi connectivity index (χ4v) is 2.34. The lowest BCUT2D eigenvalue weighted by Crippen LogP contribution is -2.49. The molecule has 88 valence electrons. The Kier molecular flexibility index (Phi) is 4.14. The van der Waals surface area contributed by atoms with Crippen molar-refractivity contribution < 1.29 is 4.79 Å². The summed E-state index contributed by atoms with van der Waals surface area (Å²) in [7, 11) is 1.89. The Morgan fingerprint density at radius 2 is 1.87 bits per heavy atom. The second-order valence-electron chi connectivity index (χ2n) is 5.05. The van der Waals surface area contributed by atoms with Crippen LogP contribution in [0.1, 0.15) is 46.0 Å². The summed E-state index contributed by atoms with van der Waals surface area (Å²) in [5.74, 6) is 0.250. The van der Waals surface area contributed by atoms with E-state index in [0.29, 0.717) is 6.54 Å². The second-order valence-corrected chi connectivity index (χ2v) is 5.05. The monoisotopic (exact) mass is 212 g/mol. The molecule has 1 fully saturated rings. The number of nitrogens with two attached hydrogens (primary N) is 1. The van der Waals surface area contributed by atoms with Crippen LogP contribution in [0.4, 0.5) is 0 Å². The highest BCUT2D eigenvalue weighted by Gasteiger charge is 2.40. The predicted octanol–water partition coefficient (Wildman–Crippen LogP) is 1.76. The van der Waals surface area contributed by atoms with Crippen LogP contribution in [0.15, 0.2) is 0 Å². The van der Waals surface area contributed by atoms with Gasteiger partial charge in [0.15, 0.2) is 0 Å². The van der Waals surface area contributed by atoms with E-state index in [1.807, 2.05) is 25.8 Å². The van der Waals surface area contributed by atoms with Gasteiger partial charge in [-0.1, -0.05) is 19.3 Å². The van der Waals surface area contributed by atoms with Crippen LogP contribution in [0.25, 0.3) is 0 Å². The van der Waals surface area contributed by atoms with Crippen molar-refractivity contribution in [1.29, 1.82) is 0 Å². The Morgan fingerprint density at radius 3 is 2.27 bits per heavy atom. The minimum atomic E-state index is -0.253. The molecule has 0 radical (unpaired) electrons. The van der Waals surface area contributed by atoms with Gasteiger partial charge in [-0.05, 0) is 26.7 Å². The lowest BCUT2D eigenvalue weighted by Gasteiger charge is -2.39. The van der Waals surface area contributed by atoms with Gasteiger partial charge >= 0.3 is 0 Å². The number of nitrogens with zero attached hydrogens (tertiary/aromatic N) is 1. The molecule has 1 aliphatic carbocycles. The van der Waals surface area contributed by atoms with Crippen molar-refractivity contribution in [3.8, 4) is 0 Å². The van der Waals surface area contributed by atoms with E-state index in [-0.39, 0.29) is 17.4 Å². The molecule has 0 aromatic rings. The Labute approximate surface area is 93.0 Å². The van der Waals surface area contributed by atoms with E-state index in [9.17, 15) is 4.79 Å². The third kappa shape index (κ3) is 2.51. The first-order chi connectivity index (χ1) is 7.03. The molecule has 0 aromatic carbocycles. The fourth-order valence-electron chi connectivity index (χ4n) is 2.34. The predicted molar refractivity (Wildman–Crippen MR) is 62.5 cm³/mol. The van der Waals surface area contributed by atoms with Gasteiger partial charge in [0.25, 0.3) is 0 Å². The third-order valence-electron chi connectivity index (χ3n) is 3.75. The number of amides is 1. The van der Waals surface area contributed by atoms with Gasteiger partial charge in [0.2, 0.25) is 5.91 Å². The Morgan fingerprint density at radius 1 is 1.33 bits per heavy atom. The first kappa shape index (κ1) is 12.5. The van der Waals surface area contributed by atoms with Crippen LogP contribution in [0.3, 0.4) is 0 Å². The summed E-state index contributed by atoms with van der Waals surface area (Å²) in [6, 6.07) is 0.267. The van der Waals surface area contributed by atoms with Crippen molar-refractivity contribution in [2.75, 3.05) is 13.6 Å². The summed E-state index contributed by atoms with van der Waals surface area (Å²) in [5, 5.41) is 0. The van der Waals surface area contributed by atoms with E-state index < -0.39 is 0 Å². The zero-order valence-corrected chi connectivity index (χ0v) is 10.3. The second kappa shape index (κ2) is 4.97. The SMILES string of the molecule is CC(C)N(C)C(=O)C1(CN)CCCCC1. The first-order valence-corrected chi connectivity index (χ1v) is 6.01. The van der Waals surface area contributed by atoms with Crippen LogP contribution in [0, 0.1) is 5.41 Å². The summed E-state index contributed by atoms with van der Waals surface area (Å²) in [6.45, 7) is 4.60. The van der Waals surface area contributed by atoms with E-state index in [1.165, 1.54) is 6.42 Å². The lowest BCUT2D eigenvalue weighted by molar-refractivity contribution is -0.143. The molecule has 0 aromatic heterocycles. The van der Waals surface area contributed by atoms with Gasteiger partial charge in [0, 0.05) is 19.6 Å². The molecule has 1 saturated carbocycles. The van der Waals surface area contributed by atoms with Crippen molar-refractivity contribution >= 4 is 5.91 Å². The molecule has 0 saturated heterocycles. The van der Waals surface area contributed by atoms with Crippen LogP contribution in [0.5, 0.6) is 0 Å². The van der Waals surface area contributed by atoms with Crippen molar-refractivity contribution in [3.63, 3.8) is 0 Å². The highest BCUT2D eigenvalue weighted by molar-refractivity contribution is 5.83. The summed E-state index contributed by atoms with van der Waals surface area (Å²) in [4.78, 5) is 14.2. The minimum absolute atomic E-state index is 0.250. The molecule has 0 spiro atoms. The number of hydrogen-bond acceptors (Lipinski definition) is 2. The zero-order chi connectivity index (χ0) is 11.5. The average Bonchev–Trinajstić information content (AvgIpc) is 2.27. The summed E-state index contributed by atoms with van der Waals surface area (Å²) >= 11 is 0. The number of carbonyl (C=O) groups is 1. The normalized spacial score (nSPS) is 20.3. The van der Waals surface area contributed by atoms with E-state index in [2.05, 4.69) is 0 Å². The van der Waals surface area contributed by atoms with Gasteiger partial charge in [0.05, 0.1) is 5.41 Å². The van der Waals surface area contributed by atoms with Crippen molar-refractivity contribution in [1.82, 2.24) is 4.90 Å². The molecule has 0 heterocycles. The van der Waals surface area contributed by atoms with Gasteiger partial charge < -0.3 is 10.6 Å². The van der Waals surface area contributed by atoms with E-state index in [1.54, 1.807) is 0 Å². The number of hydrogen-bond donors (Lipinski definition) is 1. The molecule has 1 amide bonds. The molecule has 1 rings (SSSR count). The zero-order valence-electron chi connectivity index (χ0n) is 10.3.